The van der Waals surface area contributed by atoms with Gasteiger partial charge in [0.25, 0.3) is 0 Å². The van der Waals surface area contributed by atoms with E-state index < -0.39 is 0 Å². The molecular formula is C15H16FN. The van der Waals surface area contributed by atoms with Crippen LogP contribution < -0.4 is 5.73 Å². The third-order valence-electron chi connectivity index (χ3n) is 2.88. The maximum atomic E-state index is 13.6. The van der Waals surface area contributed by atoms with Crippen LogP contribution in [0.3, 0.4) is 0 Å². The zero-order chi connectivity index (χ0) is 12.4. The summed E-state index contributed by atoms with van der Waals surface area (Å²) in [5.74, 6) is -0.0186. The molecule has 0 spiro atoms. The van der Waals surface area contributed by atoms with Gasteiger partial charge in [0.1, 0.15) is 5.82 Å². The molecule has 0 radical (unpaired) electrons. The summed E-state index contributed by atoms with van der Waals surface area (Å²) < 4.78 is 13.6. The second kappa shape index (κ2) is 4.58. The van der Waals surface area contributed by atoms with Gasteiger partial charge >= 0.3 is 0 Å². The highest BCUT2D eigenvalue weighted by Gasteiger charge is 2.12. The van der Waals surface area contributed by atoms with Crippen molar-refractivity contribution in [2.45, 2.75) is 19.8 Å². The Labute approximate surface area is 101 Å². The summed E-state index contributed by atoms with van der Waals surface area (Å²) in [6.07, 6.45) is 0. The first-order valence-electron chi connectivity index (χ1n) is 5.74. The molecule has 0 aliphatic heterocycles. The number of hydrogen-bond donors (Lipinski definition) is 1. The minimum absolute atomic E-state index is 0.216. The monoisotopic (exact) mass is 229 g/mol. The number of nitrogens with two attached hydrogens (primary N) is 1. The second-order valence-electron chi connectivity index (χ2n) is 4.48. The Bertz CT molecular complexity index is 518. The maximum absolute atomic E-state index is 13.6. The van der Waals surface area contributed by atoms with Gasteiger partial charge in [-0.2, -0.15) is 0 Å². The molecule has 0 bridgehead atoms. The highest BCUT2D eigenvalue weighted by Crippen LogP contribution is 2.33. The Morgan fingerprint density at radius 2 is 1.71 bits per heavy atom. The van der Waals surface area contributed by atoms with Gasteiger partial charge in [-0.3, -0.25) is 0 Å². The van der Waals surface area contributed by atoms with Crippen molar-refractivity contribution in [3.05, 3.63) is 53.8 Å². The third kappa shape index (κ3) is 2.31. The molecule has 1 nitrogen and oxygen atoms in total. The summed E-state index contributed by atoms with van der Waals surface area (Å²) in [7, 11) is 0. The van der Waals surface area contributed by atoms with E-state index in [4.69, 9.17) is 5.73 Å². The average Bonchev–Trinajstić information content (AvgIpc) is 2.32. The maximum Gasteiger partial charge on any atom is 0.124 e. The summed E-state index contributed by atoms with van der Waals surface area (Å²) in [5, 5.41) is 0. The fraction of sp³-hybridized carbons (Fsp3) is 0.200. The average molecular weight is 229 g/mol. The molecule has 0 fully saturated rings. The topological polar surface area (TPSA) is 26.0 Å². The molecule has 88 valence electrons. The molecule has 0 heterocycles. The molecule has 2 rings (SSSR count). The molecule has 0 aromatic heterocycles. The van der Waals surface area contributed by atoms with Gasteiger partial charge in [0, 0.05) is 11.3 Å². The summed E-state index contributed by atoms with van der Waals surface area (Å²) in [5.41, 5.74) is 9.38. The van der Waals surface area contributed by atoms with Crippen molar-refractivity contribution in [3.63, 3.8) is 0 Å². The van der Waals surface area contributed by atoms with Crippen LogP contribution in [0.15, 0.2) is 42.5 Å². The largest absolute Gasteiger partial charge is 0.398 e. The highest BCUT2D eigenvalue weighted by atomic mass is 19.1. The molecule has 0 amide bonds. The van der Waals surface area contributed by atoms with Crippen LogP contribution in [0.25, 0.3) is 11.1 Å². The van der Waals surface area contributed by atoms with Gasteiger partial charge in [-0.15, -0.1) is 0 Å². The lowest BCUT2D eigenvalue weighted by molar-refractivity contribution is 0.624. The van der Waals surface area contributed by atoms with Crippen LogP contribution in [0.1, 0.15) is 25.3 Å². The molecule has 2 N–H and O–H groups in total. The molecule has 17 heavy (non-hydrogen) atoms. The summed E-state index contributed by atoms with van der Waals surface area (Å²) >= 11 is 0. The smallest absolute Gasteiger partial charge is 0.124 e. The molecule has 2 aromatic rings. The van der Waals surface area contributed by atoms with Gasteiger partial charge in [0.05, 0.1) is 0 Å². The van der Waals surface area contributed by atoms with Crippen molar-refractivity contribution in [1.29, 1.82) is 0 Å². The summed E-state index contributed by atoms with van der Waals surface area (Å²) in [6.45, 7) is 4.03. The van der Waals surface area contributed by atoms with Gasteiger partial charge in [-0.25, -0.2) is 4.39 Å². The Morgan fingerprint density at radius 1 is 1.06 bits per heavy atom. The first kappa shape index (κ1) is 11.6. The first-order valence-corrected chi connectivity index (χ1v) is 5.74. The highest BCUT2D eigenvalue weighted by molar-refractivity contribution is 5.78. The lowest BCUT2D eigenvalue weighted by Crippen LogP contribution is -2.00. The van der Waals surface area contributed by atoms with Gasteiger partial charge in [0.2, 0.25) is 0 Å². The fourth-order valence-electron chi connectivity index (χ4n) is 1.97. The standard InChI is InChI=1S/C15H16FN/c1-10(2)13-8-12(16)9-14(15(13)17)11-6-4-3-5-7-11/h3-10H,17H2,1-2H3. The lowest BCUT2D eigenvalue weighted by atomic mass is 9.94. The van der Waals surface area contributed by atoms with E-state index in [-0.39, 0.29) is 11.7 Å². The van der Waals surface area contributed by atoms with E-state index in [1.54, 1.807) is 0 Å². The van der Waals surface area contributed by atoms with Crippen LogP contribution in [0.2, 0.25) is 0 Å². The van der Waals surface area contributed by atoms with Gasteiger partial charge in [-0.1, -0.05) is 44.2 Å². The fourth-order valence-corrected chi connectivity index (χ4v) is 1.97. The zero-order valence-electron chi connectivity index (χ0n) is 10.1. The molecular weight excluding hydrogens is 213 g/mol. The normalized spacial score (nSPS) is 10.8. The van der Waals surface area contributed by atoms with Crippen molar-refractivity contribution in [3.8, 4) is 11.1 Å². The van der Waals surface area contributed by atoms with Crippen LogP contribution in [0.5, 0.6) is 0 Å². The molecule has 0 saturated carbocycles. The molecule has 2 aromatic carbocycles. The Balaban J connectivity index is 2.63. The third-order valence-corrected chi connectivity index (χ3v) is 2.88. The van der Waals surface area contributed by atoms with Crippen molar-refractivity contribution in [2.24, 2.45) is 0 Å². The van der Waals surface area contributed by atoms with Crippen molar-refractivity contribution >= 4 is 5.69 Å². The van der Waals surface area contributed by atoms with E-state index in [1.165, 1.54) is 12.1 Å². The van der Waals surface area contributed by atoms with E-state index in [9.17, 15) is 4.39 Å². The predicted molar refractivity (Wildman–Crippen MR) is 70.3 cm³/mol. The van der Waals surface area contributed by atoms with Crippen LogP contribution >= 0.6 is 0 Å². The van der Waals surface area contributed by atoms with E-state index >= 15 is 0 Å². The summed E-state index contributed by atoms with van der Waals surface area (Å²) in [4.78, 5) is 0. The minimum Gasteiger partial charge on any atom is -0.398 e. The number of anilines is 1. The van der Waals surface area contributed by atoms with Crippen molar-refractivity contribution in [2.75, 3.05) is 5.73 Å². The van der Waals surface area contributed by atoms with E-state index in [1.807, 2.05) is 44.2 Å². The summed E-state index contributed by atoms with van der Waals surface area (Å²) in [6, 6.07) is 12.7. The van der Waals surface area contributed by atoms with Gasteiger partial charge in [-0.05, 0) is 29.2 Å². The SMILES string of the molecule is CC(C)c1cc(F)cc(-c2ccccc2)c1N. The molecule has 0 aliphatic rings. The minimum atomic E-state index is -0.234. The first-order chi connectivity index (χ1) is 8.09. The van der Waals surface area contributed by atoms with Crippen molar-refractivity contribution < 1.29 is 4.39 Å². The van der Waals surface area contributed by atoms with Gasteiger partial charge < -0.3 is 5.73 Å². The number of rotatable bonds is 2. The lowest BCUT2D eigenvalue weighted by Gasteiger charge is -2.14. The number of nitrogen functional groups attached to an aromatic ring is 1. The van der Waals surface area contributed by atoms with E-state index in [0.29, 0.717) is 5.69 Å². The molecule has 0 aliphatic carbocycles. The molecule has 2 heteroatoms. The Hall–Kier alpha value is -1.83. The van der Waals surface area contributed by atoms with Crippen LogP contribution in [-0.2, 0) is 0 Å². The quantitative estimate of drug-likeness (QED) is 0.767. The number of halogens is 1. The predicted octanol–water partition coefficient (Wildman–Crippen LogP) is 4.20. The number of hydrogen-bond acceptors (Lipinski definition) is 1. The van der Waals surface area contributed by atoms with Gasteiger partial charge in [0.15, 0.2) is 0 Å². The molecule has 0 unspecified atom stereocenters. The number of benzene rings is 2. The Morgan fingerprint density at radius 3 is 2.29 bits per heavy atom. The van der Waals surface area contributed by atoms with E-state index in [2.05, 4.69) is 0 Å². The van der Waals surface area contributed by atoms with Crippen molar-refractivity contribution in [1.82, 2.24) is 0 Å². The van der Waals surface area contributed by atoms with Crippen LogP contribution in [0, 0.1) is 5.82 Å². The molecule has 0 saturated heterocycles. The Kier molecular flexibility index (Phi) is 3.14. The molecule has 0 atom stereocenters. The van der Waals surface area contributed by atoms with Crippen LogP contribution in [-0.4, -0.2) is 0 Å². The van der Waals surface area contributed by atoms with Crippen LogP contribution in [0.4, 0.5) is 10.1 Å². The zero-order valence-corrected chi connectivity index (χ0v) is 10.1. The van der Waals surface area contributed by atoms with E-state index in [0.717, 1.165) is 16.7 Å². The second-order valence-corrected chi connectivity index (χ2v) is 4.48.